The second-order valence-corrected chi connectivity index (χ2v) is 6.05. The van der Waals surface area contributed by atoms with E-state index in [1.54, 1.807) is 25.3 Å². The van der Waals surface area contributed by atoms with E-state index >= 15 is 0 Å². The molecule has 2 N–H and O–H groups in total. The van der Waals surface area contributed by atoms with Gasteiger partial charge in [0.05, 0.1) is 30.5 Å². The second kappa shape index (κ2) is 7.00. The molecule has 0 aromatic carbocycles. The topological polar surface area (TPSA) is 106 Å². The van der Waals surface area contributed by atoms with Gasteiger partial charge in [0, 0.05) is 5.56 Å². The summed E-state index contributed by atoms with van der Waals surface area (Å²) in [5, 5.41) is 22.4. The number of nitrogens with zero attached hydrogens (tertiary/aromatic N) is 2. The van der Waals surface area contributed by atoms with Crippen molar-refractivity contribution >= 4 is 5.97 Å². The van der Waals surface area contributed by atoms with E-state index in [1.165, 1.54) is 0 Å². The molecule has 2 aromatic heterocycles. The van der Waals surface area contributed by atoms with Gasteiger partial charge in [-0.25, -0.2) is 4.98 Å². The third-order valence-electron chi connectivity index (χ3n) is 4.39. The van der Waals surface area contributed by atoms with Crippen molar-refractivity contribution in [2.45, 2.75) is 45.3 Å². The van der Waals surface area contributed by atoms with Crippen LogP contribution >= 0.6 is 0 Å². The van der Waals surface area contributed by atoms with E-state index in [1.807, 2.05) is 0 Å². The molecule has 7 heteroatoms. The Labute approximate surface area is 139 Å². The van der Waals surface area contributed by atoms with Crippen LogP contribution in [-0.4, -0.2) is 32.4 Å². The number of aromatic nitrogens is 2. The Morgan fingerprint density at radius 2 is 2.25 bits per heavy atom. The molecule has 24 heavy (non-hydrogen) atoms. The van der Waals surface area contributed by atoms with Crippen LogP contribution in [0.25, 0.3) is 11.5 Å². The fraction of sp³-hybridized carbons (Fsp3) is 0.471. The molecular formula is C17H20N2O5. The predicted octanol–water partition coefficient (Wildman–Crippen LogP) is 2.56. The van der Waals surface area contributed by atoms with Gasteiger partial charge in [0.15, 0.2) is 5.76 Å². The number of aliphatic hydroxyl groups is 1. The molecule has 0 aliphatic heterocycles. The molecule has 0 bridgehead atoms. The lowest BCUT2D eigenvalue weighted by atomic mass is 9.87. The number of pyridine rings is 1. The summed E-state index contributed by atoms with van der Waals surface area (Å²) in [6, 6.07) is 3.51. The molecule has 1 fully saturated rings. The van der Waals surface area contributed by atoms with Crippen molar-refractivity contribution in [3.63, 3.8) is 0 Å². The van der Waals surface area contributed by atoms with Crippen LogP contribution in [0.2, 0.25) is 0 Å². The number of carboxylic acid groups (broad SMARTS) is 1. The van der Waals surface area contributed by atoms with Gasteiger partial charge in [-0.2, -0.15) is 0 Å². The lowest BCUT2D eigenvalue weighted by molar-refractivity contribution is -0.143. The molecule has 7 nitrogen and oxygen atoms in total. The van der Waals surface area contributed by atoms with Crippen LogP contribution in [0.1, 0.15) is 36.9 Å². The average Bonchev–Trinajstić information content (AvgIpc) is 2.96. The zero-order valence-electron chi connectivity index (χ0n) is 13.4. The van der Waals surface area contributed by atoms with Crippen LogP contribution in [0.15, 0.2) is 22.9 Å². The summed E-state index contributed by atoms with van der Waals surface area (Å²) in [4.78, 5) is 15.4. The number of aryl methyl sites for hydroxylation is 1. The van der Waals surface area contributed by atoms with Crippen LogP contribution in [-0.2, 0) is 11.4 Å². The van der Waals surface area contributed by atoms with Crippen molar-refractivity contribution < 1.29 is 24.3 Å². The Balaban J connectivity index is 1.69. The van der Waals surface area contributed by atoms with E-state index in [4.69, 9.17) is 14.4 Å². The van der Waals surface area contributed by atoms with Crippen molar-refractivity contribution in [2.24, 2.45) is 5.92 Å². The van der Waals surface area contributed by atoms with Gasteiger partial charge < -0.3 is 19.5 Å². The van der Waals surface area contributed by atoms with Crippen molar-refractivity contribution in [2.75, 3.05) is 0 Å². The zero-order chi connectivity index (χ0) is 17.1. The summed E-state index contributed by atoms with van der Waals surface area (Å²) in [7, 11) is 0. The van der Waals surface area contributed by atoms with E-state index in [0.29, 0.717) is 41.3 Å². The number of aliphatic carboxylic acids is 1. The summed E-state index contributed by atoms with van der Waals surface area (Å²) in [5.74, 6) is -0.0454. The number of hydrogen-bond acceptors (Lipinski definition) is 6. The normalized spacial score (nSPS) is 20.8. The fourth-order valence-corrected chi connectivity index (χ4v) is 3.03. The first kappa shape index (κ1) is 16.4. The Morgan fingerprint density at radius 3 is 2.92 bits per heavy atom. The van der Waals surface area contributed by atoms with Gasteiger partial charge >= 0.3 is 5.97 Å². The Hall–Kier alpha value is -2.41. The molecule has 2 aromatic rings. The van der Waals surface area contributed by atoms with Gasteiger partial charge in [-0.15, -0.1) is 0 Å². The fourth-order valence-electron chi connectivity index (χ4n) is 3.03. The minimum absolute atomic E-state index is 0.104. The molecule has 0 radical (unpaired) electrons. The van der Waals surface area contributed by atoms with Gasteiger partial charge in [-0.1, -0.05) is 5.16 Å². The molecular weight excluding hydrogens is 312 g/mol. The smallest absolute Gasteiger partial charge is 0.306 e. The van der Waals surface area contributed by atoms with Gasteiger partial charge in [0.2, 0.25) is 0 Å². The largest absolute Gasteiger partial charge is 0.489 e. The lowest BCUT2D eigenvalue weighted by Gasteiger charge is -2.27. The number of carboxylic acids is 1. The zero-order valence-corrected chi connectivity index (χ0v) is 13.4. The average molecular weight is 332 g/mol. The first-order valence-corrected chi connectivity index (χ1v) is 8.00. The van der Waals surface area contributed by atoms with E-state index in [-0.39, 0.29) is 18.6 Å². The first-order chi connectivity index (χ1) is 11.6. The number of carbonyl (C=O) groups is 1. The number of ether oxygens (including phenoxy) is 1. The maximum Gasteiger partial charge on any atom is 0.306 e. The third-order valence-corrected chi connectivity index (χ3v) is 4.39. The van der Waals surface area contributed by atoms with Crippen LogP contribution < -0.4 is 4.74 Å². The summed E-state index contributed by atoms with van der Waals surface area (Å²) < 4.78 is 11.1. The highest BCUT2D eigenvalue weighted by Gasteiger charge is 2.28. The van der Waals surface area contributed by atoms with Crippen LogP contribution in [0.3, 0.4) is 0 Å². The standard InChI is InChI=1S/C17H20N2O5/c1-10-14(9-20)16(24-19-10)15-6-5-13(8-18-15)23-12-4-2-3-11(7-12)17(21)22/h5-6,8,11-12,20H,2-4,7,9H2,1H3,(H,21,22)/t11-,12-/m0/s1. The van der Waals surface area contributed by atoms with Crippen molar-refractivity contribution in [1.82, 2.24) is 10.1 Å². The SMILES string of the molecule is Cc1noc(-c2ccc(O[C@H]3CCC[C@H](C(=O)O)C3)cn2)c1CO. The van der Waals surface area contributed by atoms with Gasteiger partial charge in [-0.3, -0.25) is 4.79 Å². The Morgan fingerprint density at radius 1 is 1.42 bits per heavy atom. The minimum Gasteiger partial charge on any atom is -0.489 e. The number of hydrogen-bond donors (Lipinski definition) is 2. The van der Waals surface area contributed by atoms with E-state index < -0.39 is 5.97 Å². The van der Waals surface area contributed by atoms with E-state index in [0.717, 1.165) is 12.8 Å². The molecule has 2 atom stereocenters. The molecule has 1 aliphatic rings. The van der Waals surface area contributed by atoms with E-state index in [2.05, 4.69) is 10.1 Å². The highest BCUT2D eigenvalue weighted by atomic mass is 16.5. The van der Waals surface area contributed by atoms with Crippen molar-refractivity contribution in [3.8, 4) is 17.2 Å². The molecule has 2 heterocycles. The highest BCUT2D eigenvalue weighted by Crippen LogP contribution is 2.29. The summed E-state index contributed by atoms with van der Waals surface area (Å²) in [6.45, 7) is 1.60. The Bertz CT molecular complexity index is 710. The third kappa shape index (κ3) is 3.41. The quantitative estimate of drug-likeness (QED) is 0.866. The first-order valence-electron chi connectivity index (χ1n) is 8.00. The van der Waals surface area contributed by atoms with Crippen LogP contribution in [0.4, 0.5) is 0 Å². The second-order valence-electron chi connectivity index (χ2n) is 6.05. The lowest BCUT2D eigenvalue weighted by Crippen LogP contribution is -2.29. The van der Waals surface area contributed by atoms with Crippen molar-refractivity contribution in [1.29, 1.82) is 0 Å². The molecule has 1 aliphatic carbocycles. The van der Waals surface area contributed by atoms with Gasteiger partial charge in [0.25, 0.3) is 0 Å². The minimum atomic E-state index is -0.756. The number of aliphatic hydroxyl groups excluding tert-OH is 1. The summed E-state index contributed by atoms with van der Waals surface area (Å²) in [5.41, 5.74) is 1.82. The molecule has 128 valence electrons. The highest BCUT2D eigenvalue weighted by molar-refractivity contribution is 5.70. The Kier molecular flexibility index (Phi) is 4.80. The monoisotopic (exact) mass is 332 g/mol. The van der Waals surface area contributed by atoms with Crippen LogP contribution in [0.5, 0.6) is 5.75 Å². The van der Waals surface area contributed by atoms with Crippen LogP contribution in [0, 0.1) is 12.8 Å². The maximum atomic E-state index is 11.1. The number of rotatable bonds is 5. The van der Waals surface area contributed by atoms with E-state index in [9.17, 15) is 9.90 Å². The molecule has 0 amide bonds. The molecule has 0 spiro atoms. The summed E-state index contributed by atoms with van der Waals surface area (Å²) >= 11 is 0. The van der Waals surface area contributed by atoms with Gasteiger partial charge in [0.1, 0.15) is 11.4 Å². The molecule has 0 unspecified atom stereocenters. The van der Waals surface area contributed by atoms with Crippen molar-refractivity contribution in [3.05, 3.63) is 29.6 Å². The molecule has 1 saturated carbocycles. The molecule has 0 saturated heterocycles. The maximum absolute atomic E-state index is 11.1. The summed E-state index contributed by atoms with van der Waals surface area (Å²) in [6.07, 6.45) is 4.41. The van der Waals surface area contributed by atoms with Gasteiger partial charge in [-0.05, 0) is 44.7 Å². The predicted molar refractivity (Wildman–Crippen MR) is 84.4 cm³/mol. The molecule has 3 rings (SSSR count).